The number of carbonyl (C=O) groups excluding carboxylic acids is 1. The summed E-state index contributed by atoms with van der Waals surface area (Å²) < 4.78 is 29.2. The van der Waals surface area contributed by atoms with Crippen molar-refractivity contribution in [2.45, 2.75) is 24.3 Å². The molecular formula is C20H21BrN4O4S. The Morgan fingerprint density at radius 1 is 1.20 bits per heavy atom. The van der Waals surface area contributed by atoms with Gasteiger partial charge in [-0.15, -0.1) is 0 Å². The average molecular weight is 493 g/mol. The van der Waals surface area contributed by atoms with Crippen LogP contribution in [0.3, 0.4) is 0 Å². The molecule has 8 nitrogen and oxygen atoms in total. The fraction of sp³-hybridized carbons (Fsp3) is 0.250. The monoisotopic (exact) mass is 492 g/mol. The molecule has 30 heavy (non-hydrogen) atoms. The number of halogens is 1. The number of nitrogens with one attached hydrogen (secondary N) is 1. The standard InChI is InChI=1S/C20H21BrN4O4S/c21-14-7-8-16-15(11-14)18(30(28,29)24-9-3-4-10-24)19(23-16)25(20(22)27)12-13-5-1-2-6-17(13)26/h1-2,5-8,11,23,26H,3-4,9-10,12H2,(H2,22,27). The summed E-state index contributed by atoms with van der Waals surface area (Å²) in [6, 6.07) is 10.9. The molecule has 0 aliphatic carbocycles. The van der Waals surface area contributed by atoms with Gasteiger partial charge in [-0.3, -0.25) is 4.90 Å². The number of aromatic amines is 1. The van der Waals surface area contributed by atoms with Crippen molar-refractivity contribution < 1.29 is 18.3 Å². The maximum atomic E-state index is 13.6. The number of phenolic OH excluding ortho intramolecular Hbond substituents is 1. The average Bonchev–Trinajstić information content (AvgIpc) is 3.35. The van der Waals surface area contributed by atoms with E-state index < -0.39 is 16.1 Å². The zero-order chi connectivity index (χ0) is 21.5. The highest BCUT2D eigenvalue weighted by Gasteiger charge is 2.35. The molecule has 0 radical (unpaired) electrons. The molecule has 1 saturated heterocycles. The summed E-state index contributed by atoms with van der Waals surface area (Å²) in [6.07, 6.45) is 1.58. The minimum absolute atomic E-state index is 0.00782. The van der Waals surface area contributed by atoms with E-state index in [0.717, 1.165) is 17.7 Å². The second-order valence-corrected chi connectivity index (χ2v) is 9.95. The third kappa shape index (κ3) is 3.66. The summed E-state index contributed by atoms with van der Waals surface area (Å²) in [5.41, 5.74) is 6.66. The van der Waals surface area contributed by atoms with Crippen LogP contribution in [0.2, 0.25) is 0 Å². The number of carbonyl (C=O) groups is 1. The molecule has 0 spiro atoms. The molecule has 1 aromatic heterocycles. The number of primary amides is 1. The van der Waals surface area contributed by atoms with Crippen LogP contribution in [0.4, 0.5) is 10.6 Å². The Labute approximate surface area is 182 Å². The quantitative estimate of drug-likeness (QED) is 0.504. The van der Waals surface area contributed by atoms with Gasteiger partial charge in [0, 0.05) is 34.0 Å². The van der Waals surface area contributed by atoms with Crippen molar-refractivity contribution in [1.82, 2.24) is 9.29 Å². The summed E-state index contributed by atoms with van der Waals surface area (Å²) in [7, 11) is -3.88. The number of benzene rings is 2. The molecule has 0 atom stereocenters. The van der Waals surface area contributed by atoms with Gasteiger partial charge in [0.25, 0.3) is 0 Å². The number of nitrogens with two attached hydrogens (primary N) is 1. The van der Waals surface area contributed by atoms with Crippen molar-refractivity contribution in [2.24, 2.45) is 5.73 Å². The predicted molar refractivity (Wildman–Crippen MR) is 118 cm³/mol. The van der Waals surface area contributed by atoms with Crippen LogP contribution in [0, 0.1) is 0 Å². The van der Waals surface area contributed by atoms with Gasteiger partial charge in [0.2, 0.25) is 10.0 Å². The normalized spacial score (nSPS) is 15.0. The Hall–Kier alpha value is -2.56. The number of anilines is 1. The van der Waals surface area contributed by atoms with E-state index in [1.54, 1.807) is 36.4 Å². The first-order chi connectivity index (χ1) is 14.3. The maximum Gasteiger partial charge on any atom is 0.320 e. The molecule has 0 unspecified atom stereocenters. The topological polar surface area (TPSA) is 120 Å². The maximum absolute atomic E-state index is 13.6. The minimum Gasteiger partial charge on any atom is -0.508 e. The summed E-state index contributed by atoms with van der Waals surface area (Å²) in [5.74, 6) is 0.0808. The van der Waals surface area contributed by atoms with Crippen molar-refractivity contribution >= 4 is 48.7 Å². The summed E-state index contributed by atoms with van der Waals surface area (Å²) in [5, 5.41) is 10.6. The first-order valence-corrected chi connectivity index (χ1v) is 11.7. The molecule has 1 aliphatic heterocycles. The summed E-state index contributed by atoms with van der Waals surface area (Å²) in [4.78, 5) is 16.6. The van der Waals surface area contributed by atoms with Crippen molar-refractivity contribution in [3.05, 3.63) is 52.5 Å². The predicted octanol–water partition coefficient (Wildman–Crippen LogP) is 3.51. The van der Waals surface area contributed by atoms with Gasteiger partial charge in [-0.1, -0.05) is 34.1 Å². The lowest BCUT2D eigenvalue weighted by atomic mass is 10.2. The molecular weight excluding hydrogens is 472 g/mol. The Bertz CT molecular complexity index is 1220. The second-order valence-electron chi connectivity index (χ2n) is 7.16. The SMILES string of the molecule is NC(=O)N(Cc1ccccc1O)c1[nH]c2ccc(Br)cc2c1S(=O)(=O)N1CCCC1. The van der Waals surface area contributed by atoms with Gasteiger partial charge in [0.15, 0.2) is 0 Å². The van der Waals surface area contributed by atoms with Gasteiger partial charge in [0.1, 0.15) is 16.5 Å². The van der Waals surface area contributed by atoms with Crippen LogP contribution in [-0.4, -0.2) is 41.9 Å². The van der Waals surface area contributed by atoms with E-state index >= 15 is 0 Å². The van der Waals surface area contributed by atoms with Gasteiger partial charge in [-0.2, -0.15) is 4.31 Å². The molecule has 1 aliphatic rings. The lowest BCUT2D eigenvalue weighted by Crippen LogP contribution is -2.37. The number of hydrogen-bond acceptors (Lipinski definition) is 4. The third-order valence-electron chi connectivity index (χ3n) is 5.21. The van der Waals surface area contributed by atoms with Crippen LogP contribution in [0.15, 0.2) is 51.8 Å². The summed E-state index contributed by atoms with van der Waals surface area (Å²) in [6.45, 7) is 0.773. The number of phenols is 1. The number of rotatable bonds is 5. The van der Waals surface area contributed by atoms with Gasteiger partial charge in [0.05, 0.1) is 6.54 Å². The first kappa shape index (κ1) is 20.7. The van der Waals surface area contributed by atoms with Crippen molar-refractivity contribution in [1.29, 1.82) is 0 Å². The molecule has 1 fully saturated rings. The molecule has 4 N–H and O–H groups in total. The Balaban J connectivity index is 1.92. The highest BCUT2D eigenvalue weighted by atomic mass is 79.9. The van der Waals surface area contributed by atoms with E-state index in [0.29, 0.717) is 34.0 Å². The second kappa shape index (κ2) is 7.93. The molecule has 4 rings (SSSR count). The molecule has 2 aromatic carbocycles. The Kier molecular flexibility index (Phi) is 5.48. The fourth-order valence-electron chi connectivity index (χ4n) is 3.72. The number of hydrogen-bond donors (Lipinski definition) is 3. The van der Waals surface area contributed by atoms with E-state index in [1.165, 1.54) is 10.4 Å². The number of para-hydroxylation sites is 1. The molecule has 2 heterocycles. The van der Waals surface area contributed by atoms with Crippen molar-refractivity contribution in [2.75, 3.05) is 18.0 Å². The van der Waals surface area contributed by atoms with Gasteiger partial charge >= 0.3 is 6.03 Å². The number of H-pyrrole nitrogens is 1. The number of aromatic hydroxyl groups is 1. The fourth-order valence-corrected chi connectivity index (χ4v) is 5.93. The highest BCUT2D eigenvalue weighted by Crippen LogP contribution is 2.38. The van der Waals surface area contributed by atoms with Gasteiger partial charge < -0.3 is 15.8 Å². The van der Waals surface area contributed by atoms with E-state index in [4.69, 9.17) is 5.73 Å². The zero-order valence-electron chi connectivity index (χ0n) is 16.0. The summed E-state index contributed by atoms with van der Waals surface area (Å²) >= 11 is 3.39. The van der Waals surface area contributed by atoms with Crippen molar-refractivity contribution in [3.63, 3.8) is 0 Å². The number of aromatic nitrogens is 1. The lowest BCUT2D eigenvalue weighted by molar-refractivity contribution is 0.253. The number of nitrogens with zero attached hydrogens (tertiary/aromatic N) is 2. The molecule has 0 saturated carbocycles. The third-order valence-corrected chi connectivity index (χ3v) is 7.68. The molecule has 0 bridgehead atoms. The minimum atomic E-state index is -3.88. The number of urea groups is 1. The largest absolute Gasteiger partial charge is 0.508 e. The first-order valence-electron chi connectivity index (χ1n) is 9.44. The van der Waals surface area contributed by atoms with Crippen LogP contribution < -0.4 is 10.6 Å². The van der Waals surface area contributed by atoms with Crippen LogP contribution in [0.5, 0.6) is 5.75 Å². The molecule has 158 valence electrons. The molecule has 3 aromatic rings. The van der Waals surface area contributed by atoms with Crippen LogP contribution in [-0.2, 0) is 16.6 Å². The van der Waals surface area contributed by atoms with Crippen LogP contribution >= 0.6 is 15.9 Å². The van der Waals surface area contributed by atoms with Crippen molar-refractivity contribution in [3.8, 4) is 5.75 Å². The Morgan fingerprint density at radius 2 is 1.90 bits per heavy atom. The molecule has 2 amide bonds. The number of fused-ring (bicyclic) bond motifs is 1. The lowest BCUT2D eigenvalue weighted by Gasteiger charge is -2.23. The zero-order valence-corrected chi connectivity index (χ0v) is 18.4. The van der Waals surface area contributed by atoms with E-state index in [-0.39, 0.29) is 23.0 Å². The van der Waals surface area contributed by atoms with Crippen LogP contribution in [0.25, 0.3) is 10.9 Å². The van der Waals surface area contributed by atoms with E-state index in [9.17, 15) is 18.3 Å². The van der Waals surface area contributed by atoms with Gasteiger partial charge in [-0.05, 0) is 37.1 Å². The molecule has 10 heteroatoms. The van der Waals surface area contributed by atoms with Gasteiger partial charge in [-0.25, -0.2) is 13.2 Å². The van der Waals surface area contributed by atoms with E-state index in [1.807, 2.05) is 0 Å². The van der Waals surface area contributed by atoms with E-state index in [2.05, 4.69) is 20.9 Å². The van der Waals surface area contributed by atoms with Crippen LogP contribution in [0.1, 0.15) is 18.4 Å². The Morgan fingerprint density at radius 3 is 2.57 bits per heavy atom. The number of sulfonamides is 1. The number of amides is 2. The smallest absolute Gasteiger partial charge is 0.320 e. The highest BCUT2D eigenvalue weighted by molar-refractivity contribution is 9.10.